The summed E-state index contributed by atoms with van der Waals surface area (Å²) >= 11 is 0. The molecule has 0 unspecified atom stereocenters. The number of Topliss-reactive ketones (excluding diaryl/α,β-unsaturated/α-hetero) is 1. The Morgan fingerprint density at radius 2 is 2.36 bits per heavy atom. The van der Waals surface area contributed by atoms with E-state index < -0.39 is 0 Å². The van der Waals surface area contributed by atoms with E-state index in [2.05, 4.69) is 19.9 Å². The van der Waals surface area contributed by atoms with Crippen molar-refractivity contribution in [3.8, 4) is 0 Å². The Balaban J connectivity index is 2.34. The molecular formula is C10H14O. The third kappa shape index (κ3) is 0.800. The average Bonchev–Trinajstić information content (AvgIpc) is 2.32. The molecule has 0 saturated heterocycles. The first-order valence-corrected chi connectivity index (χ1v) is 4.32. The molecule has 11 heavy (non-hydrogen) atoms. The fourth-order valence-electron chi connectivity index (χ4n) is 2.48. The molecule has 0 aromatic rings. The van der Waals surface area contributed by atoms with Gasteiger partial charge in [0.1, 0.15) is 5.78 Å². The van der Waals surface area contributed by atoms with E-state index in [9.17, 15) is 4.79 Å². The van der Waals surface area contributed by atoms with E-state index in [-0.39, 0.29) is 5.41 Å². The second kappa shape index (κ2) is 1.96. The Hall–Kier alpha value is -0.590. The lowest BCUT2D eigenvalue weighted by Crippen LogP contribution is -2.17. The Labute approximate surface area is 67.5 Å². The summed E-state index contributed by atoms with van der Waals surface area (Å²) in [5.41, 5.74) is 1.69. The predicted molar refractivity (Wildman–Crippen MR) is 44.2 cm³/mol. The highest BCUT2D eigenvalue weighted by atomic mass is 16.1. The van der Waals surface area contributed by atoms with Crippen molar-refractivity contribution in [3.63, 3.8) is 0 Å². The van der Waals surface area contributed by atoms with Crippen LogP contribution in [0.3, 0.4) is 0 Å². The molecule has 1 fully saturated rings. The molecule has 0 aromatic heterocycles. The van der Waals surface area contributed by atoms with Gasteiger partial charge in [-0.1, -0.05) is 18.6 Å². The molecule has 1 saturated carbocycles. The lowest BCUT2D eigenvalue weighted by Gasteiger charge is -2.25. The smallest absolute Gasteiger partial charge is 0.134 e. The number of hydrogen-bond donors (Lipinski definition) is 0. The van der Waals surface area contributed by atoms with Gasteiger partial charge in [-0.25, -0.2) is 0 Å². The van der Waals surface area contributed by atoms with E-state index in [1.165, 1.54) is 5.57 Å². The number of ketones is 1. The van der Waals surface area contributed by atoms with Gasteiger partial charge in [-0.2, -0.15) is 0 Å². The Bertz CT molecular complexity index is 239. The van der Waals surface area contributed by atoms with Crippen molar-refractivity contribution in [2.45, 2.75) is 33.1 Å². The number of rotatable bonds is 0. The minimum absolute atomic E-state index is 0.247. The number of fused-ring (bicyclic) bond motifs is 1. The van der Waals surface area contributed by atoms with Crippen molar-refractivity contribution in [1.29, 1.82) is 0 Å². The molecule has 2 atom stereocenters. The van der Waals surface area contributed by atoms with E-state index >= 15 is 0 Å². The normalized spacial score (nSPS) is 42.5. The highest BCUT2D eigenvalue weighted by Gasteiger charge is 2.46. The molecule has 0 radical (unpaired) electrons. The van der Waals surface area contributed by atoms with Crippen molar-refractivity contribution >= 4 is 5.78 Å². The van der Waals surface area contributed by atoms with Crippen molar-refractivity contribution < 1.29 is 4.79 Å². The predicted octanol–water partition coefficient (Wildman–Crippen LogP) is 2.32. The van der Waals surface area contributed by atoms with Crippen LogP contribution in [0.15, 0.2) is 11.6 Å². The molecule has 0 spiro atoms. The van der Waals surface area contributed by atoms with E-state index in [0.29, 0.717) is 11.7 Å². The van der Waals surface area contributed by atoms with E-state index in [0.717, 1.165) is 19.3 Å². The van der Waals surface area contributed by atoms with Gasteiger partial charge in [0.05, 0.1) is 0 Å². The summed E-state index contributed by atoms with van der Waals surface area (Å²) in [6.45, 7) is 4.40. The van der Waals surface area contributed by atoms with E-state index in [1.54, 1.807) is 0 Å². The molecule has 1 nitrogen and oxygen atoms in total. The van der Waals surface area contributed by atoms with Crippen LogP contribution in [-0.2, 0) is 4.79 Å². The van der Waals surface area contributed by atoms with E-state index in [1.807, 2.05) is 0 Å². The third-order valence-corrected chi connectivity index (χ3v) is 3.55. The number of hydrogen-bond acceptors (Lipinski definition) is 1. The van der Waals surface area contributed by atoms with Crippen LogP contribution in [0.25, 0.3) is 0 Å². The van der Waals surface area contributed by atoms with Gasteiger partial charge >= 0.3 is 0 Å². The molecule has 0 N–H and O–H groups in total. The zero-order valence-corrected chi connectivity index (χ0v) is 7.18. The molecule has 0 aliphatic heterocycles. The van der Waals surface area contributed by atoms with Crippen molar-refractivity contribution in [2.75, 3.05) is 0 Å². The second-order valence-electron chi connectivity index (χ2n) is 4.16. The van der Waals surface area contributed by atoms with Gasteiger partial charge in [0.25, 0.3) is 0 Å². The maximum absolute atomic E-state index is 11.2. The molecule has 0 aromatic carbocycles. The molecule has 0 bridgehead atoms. The molecule has 2 aliphatic rings. The summed E-state index contributed by atoms with van der Waals surface area (Å²) in [6, 6.07) is 0. The maximum atomic E-state index is 11.2. The van der Waals surface area contributed by atoms with Crippen LogP contribution in [0, 0.1) is 11.3 Å². The second-order valence-corrected chi connectivity index (χ2v) is 4.16. The SMILES string of the molecule is CC1=CC[C@@H]2CC(=O)C[C@]12C. The largest absolute Gasteiger partial charge is 0.300 e. The van der Waals surface area contributed by atoms with Gasteiger partial charge in [-0.15, -0.1) is 0 Å². The molecule has 2 aliphatic carbocycles. The van der Waals surface area contributed by atoms with Crippen LogP contribution in [-0.4, -0.2) is 5.78 Å². The molecule has 0 amide bonds. The standard InChI is InChI=1S/C10H14O/c1-7-3-4-8-5-9(11)6-10(7,8)2/h3,8H,4-6H2,1-2H3/t8-,10-/m1/s1. The molecule has 0 heterocycles. The molecule has 60 valence electrons. The fourth-order valence-corrected chi connectivity index (χ4v) is 2.48. The number of carbonyl (C=O) groups excluding carboxylic acids is 1. The fraction of sp³-hybridized carbons (Fsp3) is 0.700. The summed E-state index contributed by atoms with van der Waals surface area (Å²) < 4.78 is 0. The summed E-state index contributed by atoms with van der Waals surface area (Å²) in [5.74, 6) is 1.10. The highest BCUT2D eigenvalue weighted by molar-refractivity contribution is 5.83. The molecular weight excluding hydrogens is 136 g/mol. The number of allylic oxidation sites excluding steroid dienone is 2. The monoisotopic (exact) mass is 150 g/mol. The zero-order chi connectivity index (χ0) is 8.06. The summed E-state index contributed by atoms with van der Waals surface area (Å²) in [5, 5.41) is 0. The first-order valence-electron chi connectivity index (χ1n) is 4.32. The molecule has 2 rings (SSSR count). The Morgan fingerprint density at radius 3 is 3.00 bits per heavy atom. The van der Waals surface area contributed by atoms with Gasteiger partial charge in [0.15, 0.2) is 0 Å². The maximum Gasteiger partial charge on any atom is 0.134 e. The number of carbonyl (C=O) groups is 1. The summed E-state index contributed by atoms with van der Waals surface area (Å²) in [7, 11) is 0. The van der Waals surface area contributed by atoms with Crippen LogP contribution < -0.4 is 0 Å². The minimum atomic E-state index is 0.247. The van der Waals surface area contributed by atoms with Crippen LogP contribution in [0.2, 0.25) is 0 Å². The third-order valence-electron chi connectivity index (χ3n) is 3.55. The topological polar surface area (TPSA) is 17.1 Å². The first-order chi connectivity index (χ1) is 5.13. The lowest BCUT2D eigenvalue weighted by molar-refractivity contribution is -0.117. The summed E-state index contributed by atoms with van der Waals surface area (Å²) in [6.07, 6.45) is 5.05. The van der Waals surface area contributed by atoms with Crippen LogP contribution >= 0.6 is 0 Å². The minimum Gasteiger partial charge on any atom is -0.300 e. The van der Waals surface area contributed by atoms with E-state index in [4.69, 9.17) is 0 Å². The lowest BCUT2D eigenvalue weighted by atomic mass is 9.78. The van der Waals surface area contributed by atoms with Crippen molar-refractivity contribution in [1.82, 2.24) is 0 Å². The first kappa shape index (κ1) is 7.08. The average molecular weight is 150 g/mol. The van der Waals surface area contributed by atoms with Gasteiger partial charge in [-0.3, -0.25) is 4.79 Å². The Kier molecular flexibility index (Phi) is 1.26. The van der Waals surface area contributed by atoms with Gasteiger partial charge < -0.3 is 0 Å². The van der Waals surface area contributed by atoms with Crippen molar-refractivity contribution in [2.24, 2.45) is 11.3 Å². The van der Waals surface area contributed by atoms with Crippen molar-refractivity contribution in [3.05, 3.63) is 11.6 Å². The van der Waals surface area contributed by atoms with Gasteiger partial charge in [0.2, 0.25) is 0 Å². The van der Waals surface area contributed by atoms with Crippen LogP contribution in [0.1, 0.15) is 33.1 Å². The summed E-state index contributed by atoms with van der Waals surface area (Å²) in [4.78, 5) is 11.2. The van der Waals surface area contributed by atoms with Crippen LogP contribution in [0.4, 0.5) is 0 Å². The Morgan fingerprint density at radius 1 is 1.64 bits per heavy atom. The molecule has 1 heteroatoms. The van der Waals surface area contributed by atoms with Gasteiger partial charge in [0, 0.05) is 12.8 Å². The quantitative estimate of drug-likeness (QED) is 0.484. The van der Waals surface area contributed by atoms with Gasteiger partial charge in [-0.05, 0) is 24.7 Å². The van der Waals surface area contributed by atoms with Crippen LogP contribution in [0.5, 0.6) is 0 Å². The highest BCUT2D eigenvalue weighted by Crippen LogP contribution is 2.52. The zero-order valence-electron chi connectivity index (χ0n) is 7.18.